The minimum absolute atomic E-state index is 0.00217. The maximum absolute atomic E-state index is 14.6. The van der Waals surface area contributed by atoms with E-state index in [4.69, 9.17) is 35.3 Å². The van der Waals surface area contributed by atoms with E-state index in [1.807, 2.05) is 0 Å². The predicted molar refractivity (Wildman–Crippen MR) is 149 cm³/mol. The van der Waals surface area contributed by atoms with Gasteiger partial charge in [0.25, 0.3) is 0 Å². The van der Waals surface area contributed by atoms with Gasteiger partial charge in [0.15, 0.2) is 5.65 Å². The van der Waals surface area contributed by atoms with Crippen LogP contribution in [0.25, 0.3) is 5.65 Å². The van der Waals surface area contributed by atoms with Crippen LogP contribution in [0.5, 0.6) is 5.75 Å². The van der Waals surface area contributed by atoms with Gasteiger partial charge in [0, 0.05) is 18.9 Å². The van der Waals surface area contributed by atoms with E-state index in [1.165, 1.54) is 30.0 Å². The lowest BCUT2D eigenvalue weighted by atomic mass is 10.1. The minimum atomic E-state index is -0.710. The van der Waals surface area contributed by atoms with E-state index < -0.39 is 35.6 Å². The molecule has 0 aliphatic rings. The summed E-state index contributed by atoms with van der Waals surface area (Å²) < 4.78 is 43.0. The highest BCUT2D eigenvalue weighted by molar-refractivity contribution is 6.31. The van der Waals surface area contributed by atoms with Gasteiger partial charge in [-0.15, -0.1) is 0 Å². The van der Waals surface area contributed by atoms with E-state index in [0.717, 1.165) is 0 Å². The number of rotatable bonds is 13. The molecule has 0 saturated carbocycles. The highest BCUT2D eigenvalue weighted by Gasteiger charge is 2.24. The Kier molecular flexibility index (Phi) is 11.1. The number of fused-ring (bicyclic) bond motifs is 1. The zero-order chi connectivity index (χ0) is 30.2. The molecule has 12 nitrogen and oxygen atoms in total. The van der Waals surface area contributed by atoms with Crippen molar-refractivity contribution >= 4 is 35.1 Å². The SMILES string of the molecule is CCOC(=O)c1cnn2ccc(N[C@H](C)c3c(O[C@@H](CNC(=O)OC(C)(C)C)COCOC)ccc(F)c3Cl)nc12. The molecular formula is C27H35ClFN5O7. The van der Waals surface area contributed by atoms with Gasteiger partial charge in [-0.25, -0.2) is 23.5 Å². The lowest BCUT2D eigenvalue weighted by molar-refractivity contribution is -0.0562. The largest absolute Gasteiger partial charge is 0.486 e. The first-order valence-corrected chi connectivity index (χ1v) is 13.3. The summed E-state index contributed by atoms with van der Waals surface area (Å²) >= 11 is 6.42. The van der Waals surface area contributed by atoms with E-state index >= 15 is 0 Å². The molecule has 0 spiro atoms. The molecule has 0 aliphatic carbocycles. The number of hydrogen-bond donors (Lipinski definition) is 2. The van der Waals surface area contributed by atoms with Gasteiger partial charge in [-0.1, -0.05) is 11.6 Å². The number of carbonyl (C=O) groups excluding carboxylic acids is 2. The van der Waals surface area contributed by atoms with Gasteiger partial charge in [0.1, 0.15) is 41.4 Å². The summed E-state index contributed by atoms with van der Waals surface area (Å²) in [4.78, 5) is 29.0. The topological polar surface area (TPSA) is 135 Å². The van der Waals surface area contributed by atoms with Crippen LogP contribution in [0.1, 0.15) is 56.6 Å². The van der Waals surface area contributed by atoms with Crippen LogP contribution in [-0.2, 0) is 18.9 Å². The number of ether oxygens (including phenoxy) is 5. The molecule has 0 saturated heterocycles. The molecule has 1 aromatic carbocycles. The number of methoxy groups -OCH3 is 1. The van der Waals surface area contributed by atoms with Gasteiger partial charge >= 0.3 is 12.1 Å². The Morgan fingerprint density at radius 1 is 1.22 bits per heavy atom. The van der Waals surface area contributed by atoms with Gasteiger partial charge in [0.05, 0.1) is 37.0 Å². The monoisotopic (exact) mass is 595 g/mol. The number of esters is 1. The Bertz CT molecular complexity index is 1350. The van der Waals surface area contributed by atoms with Crippen molar-refractivity contribution in [2.45, 2.75) is 52.4 Å². The molecule has 2 N–H and O–H groups in total. The Labute approximate surface area is 242 Å². The van der Waals surface area contributed by atoms with Crippen molar-refractivity contribution in [3.05, 3.63) is 52.6 Å². The summed E-state index contributed by atoms with van der Waals surface area (Å²) in [5.74, 6) is -0.573. The molecule has 0 bridgehead atoms. The third-order valence-electron chi connectivity index (χ3n) is 5.43. The molecule has 3 rings (SSSR count). The second-order valence-electron chi connectivity index (χ2n) is 9.90. The molecule has 0 radical (unpaired) electrons. The highest BCUT2D eigenvalue weighted by Crippen LogP contribution is 2.36. The van der Waals surface area contributed by atoms with Crippen LogP contribution in [0, 0.1) is 5.82 Å². The van der Waals surface area contributed by atoms with Crippen LogP contribution in [0.15, 0.2) is 30.6 Å². The molecule has 3 aromatic rings. The zero-order valence-electron chi connectivity index (χ0n) is 23.8. The van der Waals surface area contributed by atoms with Crippen molar-refractivity contribution in [1.29, 1.82) is 0 Å². The third kappa shape index (κ3) is 8.90. The molecule has 2 atom stereocenters. The average molecular weight is 596 g/mol. The standard InChI is InChI=1S/C27H35ClFN5O7/c1-7-39-25(35)18-13-31-34-11-10-21(33-24(18)34)32-16(2)22-20(9-8-19(29)23(22)28)40-17(14-38-15-37-6)12-30-26(36)41-27(3,4)5/h8-11,13,16-17H,7,12,14-15H2,1-6H3,(H,30,36)(H,32,33)/t16-,17+/m1/s1. The maximum atomic E-state index is 14.6. The van der Waals surface area contributed by atoms with E-state index in [2.05, 4.69) is 20.7 Å². The average Bonchev–Trinajstić information content (AvgIpc) is 3.32. The molecule has 0 aliphatic heterocycles. The molecule has 0 fully saturated rings. The molecule has 2 aromatic heterocycles. The van der Waals surface area contributed by atoms with E-state index in [0.29, 0.717) is 11.4 Å². The molecule has 0 unspecified atom stereocenters. The number of nitrogens with one attached hydrogen (secondary N) is 2. The van der Waals surface area contributed by atoms with Gasteiger partial charge < -0.3 is 34.3 Å². The summed E-state index contributed by atoms with van der Waals surface area (Å²) in [7, 11) is 1.48. The van der Waals surface area contributed by atoms with Crippen molar-refractivity contribution in [2.75, 3.05) is 39.0 Å². The first-order chi connectivity index (χ1) is 19.4. The summed E-state index contributed by atoms with van der Waals surface area (Å²) in [6, 6.07) is 3.66. The van der Waals surface area contributed by atoms with Crippen LogP contribution in [0.3, 0.4) is 0 Å². The zero-order valence-corrected chi connectivity index (χ0v) is 24.6. The molecule has 224 valence electrons. The highest BCUT2D eigenvalue weighted by atomic mass is 35.5. The maximum Gasteiger partial charge on any atom is 0.407 e. The number of alkyl carbamates (subject to hydrolysis) is 1. The number of aromatic nitrogens is 3. The Hall–Kier alpha value is -3.68. The second kappa shape index (κ2) is 14.3. The summed E-state index contributed by atoms with van der Waals surface area (Å²) in [6.07, 6.45) is 1.66. The van der Waals surface area contributed by atoms with Crippen molar-refractivity contribution in [2.24, 2.45) is 0 Å². The van der Waals surface area contributed by atoms with Crippen LogP contribution in [0.4, 0.5) is 15.0 Å². The number of carbonyl (C=O) groups is 2. The minimum Gasteiger partial charge on any atom is -0.486 e. The van der Waals surface area contributed by atoms with E-state index in [-0.39, 0.29) is 48.5 Å². The van der Waals surface area contributed by atoms with Gasteiger partial charge in [-0.3, -0.25) is 0 Å². The molecule has 14 heteroatoms. The van der Waals surface area contributed by atoms with Crippen molar-refractivity contribution in [3.8, 4) is 5.75 Å². The quantitative estimate of drug-likeness (QED) is 0.162. The Morgan fingerprint density at radius 3 is 2.66 bits per heavy atom. The number of halogens is 2. The summed E-state index contributed by atoms with van der Waals surface area (Å²) in [6.45, 7) is 8.96. The predicted octanol–water partition coefficient (Wildman–Crippen LogP) is 4.76. The summed E-state index contributed by atoms with van der Waals surface area (Å²) in [5, 5.41) is 9.80. The first kappa shape index (κ1) is 31.8. The van der Waals surface area contributed by atoms with E-state index in [1.54, 1.807) is 46.9 Å². The first-order valence-electron chi connectivity index (χ1n) is 12.9. The third-order valence-corrected chi connectivity index (χ3v) is 5.81. The Balaban J connectivity index is 1.85. The smallest absolute Gasteiger partial charge is 0.407 e. The molecule has 41 heavy (non-hydrogen) atoms. The normalized spacial score (nSPS) is 13.0. The number of hydrogen-bond acceptors (Lipinski definition) is 10. The van der Waals surface area contributed by atoms with Gasteiger partial charge in [0.2, 0.25) is 0 Å². The molecular weight excluding hydrogens is 561 g/mol. The van der Waals surface area contributed by atoms with Crippen molar-refractivity contribution < 1.29 is 37.7 Å². The van der Waals surface area contributed by atoms with Crippen molar-refractivity contribution in [1.82, 2.24) is 19.9 Å². The number of benzene rings is 1. The lowest BCUT2D eigenvalue weighted by Gasteiger charge is -2.25. The van der Waals surface area contributed by atoms with Crippen molar-refractivity contribution in [3.63, 3.8) is 0 Å². The number of anilines is 1. The fourth-order valence-electron chi connectivity index (χ4n) is 3.74. The fraction of sp³-hybridized carbons (Fsp3) is 0.481. The van der Waals surface area contributed by atoms with Gasteiger partial charge in [-0.2, -0.15) is 5.10 Å². The molecule has 2 heterocycles. The van der Waals surface area contributed by atoms with Gasteiger partial charge in [-0.05, 0) is 52.8 Å². The lowest BCUT2D eigenvalue weighted by Crippen LogP contribution is -2.41. The van der Waals surface area contributed by atoms with E-state index in [9.17, 15) is 14.0 Å². The summed E-state index contributed by atoms with van der Waals surface area (Å²) in [5.41, 5.74) is 0.108. The fourth-order valence-corrected chi connectivity index (χ4v) is 4.06. The Morgan fingerprint density at radius 2 is 1.98 bits per heavy atom. The van der Waals surface area contributed by atoms with Crippen LogP contribution in [-0.4, -0.2) is 72.0 Å². The van der Waals surface area contributed by atoms with Crippen LogP contribution < -0.4 is 15.4 Å². The second-order valence-corrected chi connectivity index (χ2v) is 10.3. The number of nitrogens with zero attached hydrogens (tertiary/aromatic N) is 3. The van der Waals surface area contributed by atoms with Crippen LogP contribution in [0.2, 0.25) is 5.02 Å². The van der Waals surface area contributed by atoms with Crippen LogP contribution >= 0.6 is 11.6 Å². The molecule has 1 amide bonds. The number of amides is 1.